The molecule has 1 aromatic carbocycles. The maximum atomic E-state index is 12.9. The molecule has 2 aromatic rings. The molecule has 1 heterocycles. The van der Waals surface area contributed by atoms with Crippen molar-refractivity contribution in [1.29, 1.82) is 0 Å². The molecule has 0 spiro atoms. The summed E-state index contributed by atoms with van der Waals surface area (Å²) in [7, 11) is 0. The number of anilines is 1. The van der Waals surface area contributed by atoms with Gasteiger partial charge in [0.25, 0.3) is 0 Å². The van der Waals surface area contributed by atoms with Gasteiger partial charge in [0.2, 0.25) is 0 Å². The van der Waals surface area contributed by atoms with Crippen LogP contribution in [0.1, 0.15) is 5.56 Å². The van der Waals surface area contributed by atoms with Crippen LogP contribution in [0, 0.1) is 18.6 Å². The number of pyridine rings is 1. The van der Waals surface area contributed by atoms with E-state index in [4.69, 9.17) is 10.5 Å². The van der Waals surface area contributed by atoms with Gasteiger partial charge in [0, 0.05) is 18.2 Å². The van der Waals surface area contributed by atoms with Gasteiger partial charge in [-0.2, -0.15) is 0 Å². The molecule has 0 radical (unpaired) electrons. The number of nitrogens with zero attached hydrogens (tertiary/aromatic N) is 1. The van der Waals surface area contributed by atoms with Crippen LogP contribution in [0.15, 0.2) is 30.5 Å². The summed E-state index contributed by atoms with van der Waals surface area (Å²) in [6.07, 6.45) is 1.41. The summed E-state index contributed by atoms with van der Waals surface area (Å²) in [5.41, 5.74) is 6.22. The number of nitrogen functional groups attached to an aromatic ring is 1. The molecular weight excluding hydrogens is 226 g/mol. The second-order valence-electron chi connectivity index (χ2n) is 3.58. The van der Waals surface area contributed by atoms with Crippen molar-refractivity contribution in [2.75, 3.05) is 5.73 Å². The molecule has 0 amide bonds. The SMILES string of the molecule is Cc1cc(N)ncc1Oc1cc(F)cc(F)c1. The number of halogens is 2. The second kappa shape index (κ2) is 4.37. The summed E-state index contributed by atoms with van der Waals surface area (Å²) in [5, 5.41) is 0. The van der Waals surface area contributed by atoms with E-state index >= 15 is 0 Å². The van der Waals surface area contributed by atoms with E-state index in [-0.39, 0.29) is 5.75 Å². The molecular formula is C12H10F2N2O. The van der Waals surface area contributed by atoms with Gasteiger partial charge < -0.3 is 10.5 Å². The fourth-order valence-corrected chi connectivity index (χ4v) is 1.39. The minimum atomic E-state index is -0.693. The van der Waals surface area contributed by atoms with E-state index in [0.717, 1.165) is 23.8 Å². The van der Waals surface area contributed by atoms with Crippen LogP contribution < -0.4 is 10.5 Å². The Hall–Kier alpha value is -2.17. The van der Waals surface area contributed by atoms with Gasteiger partial charge >= 0.3 is 0 Å². The third kappa shape index (κ3) is 2.69. The van der Waals surface area contributed by atoms with Crippen LogP contribution in [0.25, 0.3) is 0 Å². The number of ether oxygens (including phenoxy) is 1. The van der Waals surface area contributed by atoms with Crippen LogP contribution in [-0.4, -0.2) is 4.98 Å². The second-order valence-corrected chi connectivity index (χ2v) is 3.58. The molecule has 3 nitrogen and oxygen atoms in total. The minimum absolute atomic E-state index is 0.0807. The fraction of sp³-hybridized carbons (Fsp3) is 0.0833. The highest BCUT2D eigenvalue weighted by molar-refractivity contribution is 5.42. The molecule has 0 aliphatic carbocycles. The van der Waals surface area contributed by atoms with E-state index < -0.39 is 11.6 Å². The van der Waals surface area contributed by atoms with Gasteiger partial charge in [-0.1, -0.05) is 0 Å². The first-order chi connectivity index (χ1) is 8.04. The number of benzene rings is 1. The van der Waals surface area contributed by atoms with Crippen molar-refractivity contribution in [2.24, 2.45) is 0 Å². The number of nitrogens with two attached hydrogens (primary N) is 1. The maximum Gasteiger partial charge on any atom is 0.148 e. The average molecular weight is 236 g/mol. The molecule has 0 aliphatic heterocycles. The van der Waals surface area contributed by atoms with Gasteiger partial charge in [0.05, 0.1) is 6.20 Å². The van der Waals surface area contributed by atoms with E-state index in [1.807, 2.05) is 0 Å². The fourth-order valence-electron chi connectivity index (χ4n) is 1.39. The van der Waals surface area contributed by atoms with Crippen LogP contribution in [0.2, 0.25) is 0 Å². The Labute approximate surface area is 96.9 Å². The number of aromatic nitrogens is 1. The van der Waals surface area contributed by atoms with Crippen molar-refractivity contribution < 1.29 is 13.5 Å². The highest BCUT2D eigenvalue weighted by atomic mass is 19.1. The van der Waals surface area contributed by atoms with Crippen LogP contribution in [0.5, 0.6) is 11.5 Å². The van der Waals surface area contributed by atoms with Gasteiger partial charge in [-0.25, -0.2) is 13.8 Å². The zero-order valence-corrected chi connectivity index (χ0v) is 9.08. The number of rotatable bonds is 2. The molecule has 0 unspecified atom stereocenters. The van der Waals surface area contributed by atoms with Gasteiger partial charge in [-0.3, -0.25) is 0 Å². The number of hydrogen-bond donors (Lipinski definition) is 1. The zero-order chi connectivity index (χ0) is 12.4. The summed E-state index contributed by atoms with van der Waals surface area (Å²) in [5.74, 6) is -0.538. The van der Waals surface area contributed by atoms with Gasteiger partial charge in [0.15, 0.2) is 0 Å². The van der Waals surface area contributed by atoms with Crippen molar-refractivity contribution in [3.63, 3.8) is 0 Å². The van der Waals surface area contributed by atoms with Crippen LogP contribution in [0.4, 0.5) is 14.6 Å². The third-order valence-electron chi connectivity index (χ3n) is 2.15. The van der Waals surface area contributed by atoms with Crippen LogP contribution >= 0.6 is 0 Å². The summed E-state index contributed by atoms with van der Waals surface area (Å²) >= 11 is 0. The monoisotopic (exact) mass is 236 g/mol. The molecule has 17 heavy (non-hydrogen) atoms. The summed E-state index contributed by atoms with van der Waals surface area (Å²) in [6, 6.07) is 4.59. The lowest BCUT2D eigenvalue weighted by Crippen LogP contribution is -1.94. The first kappa shape index (κ1) is 11.3. The molecule has 1 aromatic heterocycles. The van der Waals surface area contributed by atoms with Crippen LogP contribution in [0.3, 0.4) is 0 Å². The Bertz CT molecular complexity index is 538. The topological polar surface area (TPSA) is 48.1 Å². The predicted octanol–water partition coefficient (Wildman–Crippen LogP) is 3.04. The predicted molar refractivity (Wildman–Crippen MR) is 59.8 cm³/mol. The zero-order valence-electron chi connectivity index (χ0n) is 9.08. The molecule has 0 fully saturated rings. The largest absolute Gasteiger partial charge is 0.455 e. The molecule has 0 atom stereocenters. The lowest BCUT2D eigenvalue weighted by Gasteiger charge is -2.08. The Balaban J connectivity index is 2.31. The summed E-state index contributed by atoms with van der Waals surface area (Å²) in [6.45, 7) is 1.77. The van der Waals surface area contributed by atoms with Crippen molar-refractivity contribution in [2.45, 2.75) is 6.92 Å². The van der Waals surface area contributed by atoms with Crippen molar-refractivity contribution in [1.82, 2.24) is 4.98 Å². The van der Waals surface area contributed by atoms with Crippen molar-refractivity contribution in [3.8, 4) is 11.5 Å². The molecule has 88 valence electrons. The van der Waals surface area contributed by atoms with Crippen molar-refractivity contribution in [3.05, 3.63) is 47.7 Å². The number of hydrogen-bond acceptors (Lipinski definition) is 3. The number of aryl methyl sites for hydroxylation is 1. The molecule has 2 N–H and O–H groups in total. The minimum Gasteiger partial charge on any atom is -0.455 e. The van der Waals surface area contributed by atoms with E-state index in [0.29, 0.717) is 11.6 Å². The third-order valence-corrected chi connectivity index (χ3v) is 2.15. The maximum absolute atomic E-state index is 12.9. The summed E-state index contributed by atoms with van der Waals surface area (Å²) < 4.78 is 31.2. The quantitative estimate of drug-likeness (QED) is 0.871. The van der Waals surface area contributed by atoms with Gasteiger partial charge in [-0.15, -0.1) is 0 Å². The van der Waals surface area contributed by atoms with E-state index in [9.17, 15) is 8.78 Å². The normalized spacial score (nSPS) is 10.3. The summed E-state index contributed by atoms with van der Waals surface area (Å²) in [4.78, 5) is 3.85. The lowest BCUT2D eigenvalue weighted by atomic mass is 10.2. The first-order valence-corrected chi connectivity index (χ1v) is 4.90. The molecule has 0 saturated carbocycles. The standard InChI is InChI=1S/C12H10F2N2O/c1-7-2-12(15)16-6-11(7)17-10-4-8(13)3-9(14)5-10/h2-6H,1H3,(H2,15,16). The van der Waals surface area contributed by atoms with Crippen molar-refractivity contribution >= 4 is 5.82 Å². The average Bonchev–Trinajstić information content (AvgIpc) is 2.21. The molecule has 0 bridgehead atoms. The Morgan fingerprint density at radius 1 is 1.12 bits per heavy atom. The Morgan fingerprint density at radius 2 is 1.76 bits per heavy atom. The van der Waals surface area contributed by atoms with E-state index in [1.165, 1.54) is 6.20 Å². The first-order valence-electron chi connectivity index (χ1n) is 4.90. The highest BCUT2D eigenvalue weighted by Gasteiger charge is 2.05. The Morgan fingerprint density at radius 3 is 2.35 bits per heavy atom. The molecule has 0 aliphatic rings. The molecule has 5 heteroatoms. The smallest absolute Gasteiger partial charge is 0.148 e. The molecule has 2 rings (SSSR count). The lowest BCUT2D eigenvalue weighted by molar-refractivity contribution is 0.463. The van der Waals surface area contributed by atoms with Gasteiger partial charge in [0.1, 0.15) is 29.0 Å². The van der Waals surface area contributed by atoms with E-state index in [2.05, 4.69) is 4.98 Å². The van der Waals surface area contributed by atoms with Gasteiger partial charge in [-0.05, 0) is 18.6 Å². The Kier molecular flexibility index (Phi) is 2.91. The molecule has 0 saturated heterocycles. The highest BCUT2D eigenvalue weighted by Crippen LogP contribution is 2.26. The van der Waals surface area contributed by atoms with Crippen LogP contribution in [-0.2, 0) is 0 Å². The van der Waals surface area contributed by atoms with E-state index in [1.54, 1.807) is 13.0 Å².